The van der Waals surface area contributed by atoms with E-state index in [1.54, 1.807) is 6.07 Å². The zero-order valence-corrected chi connectivity index (χ0v) is 20.0. The second kappa shape index (κ2) is 10.7. The topological polar surface area (TPSA) is 88.4 Å². The van der Waals surface area contributed by atoms with Crippen LogP contribution in [-0.4, -0.2) is 27.6 Å². The highest BCUT2D eigenvalue weighted by molar-refractivity contribution is 5.96. The van der Waals surface area contributed by atoms with Crippen LogP contribution in [-0.2, 0) is 24.2 Å². The molecule has 178 valence electrons. The number of fused-ring (bicyclic) bond motifs is 1. The number of hydrogen-bond acceptors (Lipinski definition) is 3. The minimum atomic E-state index is -1.07. The van der Waals surface area contributed by atoms with E-state index in [1.807, 2.05) is 25.3 Å². The molecular formula is C26H40N2O4. The van der Waals surface area contributed by atoms with Crippen molar-refractivity contribution in [3.05, 3.63) is 33.2 Å². The lowest BCUT2D eigenvalue weighted by Crippen LogP contribution is -2.45. The molecule has 6 heteroatoms. The summed E-state index contributed by atoms with van der Waals surface area (Å²) in [6.07, 6.45) is 12.4. The minimum Gasteiger partial charge on any atom is -0.480 e. The van der Waals surface area contributed by atoms with Gasteiger partial charge in [0.2, 0.25) is 0 Å². The Morgan fingerprint density at radius 1 is 1.06 bits per heavy atom. The maximum atomic E-state index is 13.5. The van der Waals surface area contributed by atoms with Crippen molar-refractivity contribution in [2.24, 2.45) is 11.3 Å². The van der Waals surface area contributed by atoms with Crippen molar-refractivity contribution in [1.82, 2.24) is 9.88 Å². The molecule has 1 aromatic rings. The van der Waals surface area contributed by atoms with E-state index in [-0.39, 0.29) is 16.5 Å². The monoisotopic (exact) mass is 444 g/mol. The molecule has 1 heterocycles. The third-order valence-electron chi connectivity index (χ3n) is 6.93. The first-order valence-electron chi connectivity index (χ1n) is 12.4. The van der Waals surface area contributed by atoms with Crippen LogP contribution in [0.25, 0.3) is 0 Å². The molecule has 2 N–H and O–H groups in total. The third kappa shape index (κ3) is 6.46. The van der Waals surface area contributed by atoms with E-state index in [9.17, 15) is 19.5 Å². The molecule has 1 amide bonds. The fourth-order valence-electron chi connectivity index (χ4n) is 5.27. The van der Waals surface area contributed by atoms with E-state index in [2.05, 4.69) is 5.32 Å². The molecule has 6 nitrogen and oxygen atoms in total. The highest BCUT2D eigenvalue weighted by atomic mass is 16.4. The smallest absolute Gasteiger partial charge is 0.326 e. The maximum Gasteiger partial charge on any atom is 0.326 e. The van der Waals surface area contributed by atoms with Gasteiger partial charge in [-0.25, -0.2) is 4.79 Å². The van der Waals surface area contributed by atoms with E-state index in [1.165, 1.54) is 25.7 Å². The molecule has 3 rings (SSSR count). The van der Waals surface area contributed by atoms with Gasteiger partial charge in [-0.3, -0.25) is 9.59 Å². The number of carbonyl (C=O) groups is 2. The second-order valence-electron chi connectivity index (χ2n) is 11.0. The Kier molecular flexibility index (Phi) is 8.18. The van der Waals surface area contributed by atoms with Crippen LogP contribution in [0, 0.1) is 11.3 Å². The van der Waals surface area contributed by atoms with Crippen LogP contribution in [0.15, 0.2) is 10.9 Å². The summed E-state index contributed by atoms with van der Waals surface area (Å²) >= 11 is 0. The van der Waals surface area contributed by atoms with Gasteiger partial charge >= 0.3 is 5.97 Å². The van der Waals surface area contributed by atoms with Crippen LogP contribution < -0.4 is 10.9 Å². The van der Waals surface area contributed by atoms with Crippen LogP contribution in [0.1, 0.15) is 107 Å². The van der Waals surface area contributed by atoms with Crippen molar-refractivity contribution in [3.63, 3.8) is 0 Å². The molecule has 1 saturated carbocycles. The average molecular weight is 445 g/mol. The van der Waals surface area contributed by atoms with Gasteiger partial charge in [-0.2, -0.15) is 0 Å². The normalized spacial score (nSPS) is 18.8. The van der Waals surface area contributed by atoms with Gasteiger partial charge < -0.3 is 15.0 Å². The highest BCUT2D eigenvalue weighted by Gasteiger charge is 2.29. The molecule has 0 aliphatic heterocycles. The van der Waals surface area contributed by atoms with Crippen LogP contribution >= 0.6 is 0 Å². The van der Waals surface area contributed by atoms with Gasteiger partial charge in [0.25, 0.3) is 11.5 Å². The first-order chi connectivity index (χ1) is 15.2. The number of carbonyl (C=O) groups excluding carboxylic acids is 1. The van der Waals surface area contributed by atoms with Crippen LogP contribution in [0.2, 0.25) is 0 Å². The van der Waals surface area contributed by atoms with Crippen LogP contribution in [0.4, 0.5) is 0 Å². The van der Waals surface area contributed by atoms with E-state index >= 15 is 0 Å². The number of nitrogens with one attached hydrogen (secondary N) is 1. The number of pyridine rings is 1. The Balaban J connectivity index is 1.96. The number of carboxylic acids is 1. The van der Waals surface area contributed by atoms with Gasteiger partial charge in [-0.15, -0.1) is 0 Å². The van der Waals surface area contributed by atoms with Gasteiger partial charge in [-0.05, 0) is 67.9 Å². The number of nitrogens with zero attached hydrogens (tertiary/aromatic N) is 1. The molecule has 32 heavy (non-hydrogen) atoms. The largest absolute Gasteiger partial charge is 0.480 e. The number of hydrogen-bond donors (Lipinski definition) is 2. The lowest BCUT2D eigenvalue weighted by Gasteiger charge is -2.27. The molecule has 1 unspecified atom stereocenters. The molecule has 2 aliphatic rings. The number of aliphatic carboxylic acids is 1. The predicted molar refractivity (Wildman–Crippen MR) is 126 cm³/mol. The highest BCUT2D eigenvalue weighted by Crippen LogP contribution is 2.27. The maximum absolute atomic E-state index is 13.5. The zero-order valence-electron chi connectivity index (χ0n) is 20.0. The number of aromatic nitrogens is 1. The van der Waals surface area contributed by atoms with Crippen molar-refractivity contribution in [2.75, 3.05) is 0 Å². The van der Waals surface area contributed by atoms with Gasteiger partial charge in [0.1, 0.15) is 11.6 Å². The molecule has 0 saturated heterocycles. The summed E-state index contributed by atoms with van der Waals surface area (Å²) in [5.41, 5.74) is 1.77. The molecule has 0 bridgehead atoms. The van der Waals surface area contributed by atoms with Crippen molar-refractivity contribution in [3.8, 4) is 0 Å². The summed E-state index contributed by atoms with van der Waals surface area (Å²) in [5.74, 6) is -1.15. The SMILES string of the molecule is CC(C)(C)CC(NC(=O)c1cc2c(n(CC3CCCCC3)c1=O)CCCCCC2)C(=O)O. The second-order valence-corrected chi connectivity index (χ2v) is 11.0. The van der Waals surface area contributed by atoms with Crippen molar-refractivity contribution in [1.29, 1.82) is 0 Å². The van der Waals surface area contributed by atoms with Gasteiger partial charge in [-0.1, -0.05) is 52.9 Å². The number of rotatable bonds is 6. The van der Waals surface area contributed by atoms with E-state index < -0.39 is 17.9 Å². The fraction of sp³-hybridized carbons (Fsp3) is 0.731. The Morgan fingerprint density at radius 3 is 2.31 bits per heavy atom. The third-order valence-corrected chi connectivity index (χ3v) is 6.93. The summed E-state index contributed by atoms with van der Waals surface area (Å²) in [6.45, 7) is 6.50. The summed E-state index contributed by atoms with van der Waals surface area (Å²) in [5, 5.41) is 12.3. The Labute approximate surface area is 191 Å². The zero-order chi connectivity index (χ0) is 23.3. The summed E-state index contributed by atoms with van der Waals surface area (Å²) in [7, 11) is 0. The number of amides is 1. The molecular weight excluding hydrogens is 404 g/mol. The van der Waals surface area contributed by atoms with Crippen molar-refractivity contribution >= 4 is 11.9 Å². The van der Waals surface area contributed by atoms with Gasteiger partial charge in [0.15, 0.2) is 0 Å². The number of aryl methyl sites for hydroxylation is 1. The average Bonchev–Trinajstić information content (AvgIpc) is 2.70. The summed E-state index contributed by atoms with van der Waals surface area (Å²) in [6, 6.07) is 0.738. The Bertz CT molecular complexity index is 875. The standard InChI is InChI=1S/C26H40N2O4/c1-26(2,3)16-21(25(31)32)27-23(29)20-15-19-13-9-4-5-10-14-22(19)28(24(20)30)17-18-11-7-6-8-12-18/h15,18,21H,4-14,16-17H2,1-3H3,(H,27,29)(H,31,32). The lowest BCUT2D eigenvalue weighted by atomic mass is 9.88. The molecule has 0 spiro atoms. The van der Waals surface area contributed by atoms with Crippen LogP contribution in [0.5, 0.6) is 0 Å². The van der Waals surface area contributed by atoms with Crippen molar-refractivity contribution < 1.29 is 14.7 Å². The van der Waals surface area contributed by atoms with Gasteiger partial charge in [0.05, 0.1) is 0 Å². The predicted octanol–water partition coefficient (Wildman–Crippen LogP) is 4.71. The molecule has 0 aromatic carbocycles. The first-order valence-corrected chi connectivity index (χ1v) is 12.4. The van der Waals surface area contributed by atoms with E-state index in [0.717, 1.165) is 56.2 Å². The summed E-state index contributed by atoms with van der Waals surface area (Å²) < 4.78 is 1.88. The van der Waals surface area contributed by atoms with Crippen LogP contribution in [0.3, 0.4) is 0 Å². The molecule has 1 fully saturated rings. The van der Waals surface area contributed by atoms with Gasteiger partial charge in [0, 0.05) is 12.2 Å². The van der Waals surface area contributed by atoms with E-state index in [4.69, 9.17) is 0 Å². The molecule has 1 atom stereocenters. The van der Waals surface area contributed by atoms with Crippen molar-refractivity contribution in [2.45, 2.75) is 110 Å². The molecule has 0 radical (unpaired) electrons. The first kappa shape index (κ1) is 24.5. The number of carboxylic acid groups (broad SMARTS) is 1. The van der Waals surface area contributed by atoms with E-state index in [0.29, 0.717) is 18.9 Å². The molecule has 2 aliphatic carbocycles. The Morgan fingerprint density at radius 2 is 1.69 bits per heavy atom. The fourth-order valence-corrected chi connectivity index (χ4v) is 5.27. The summed E-state index contributed by atoms with van der Waals surface area (Å²) in [4.78, 5) is 38.5. The lowest BCUT2D eigenvalue weighted by molar-refractivity contribution is -0.140. The Hall–Kier alpha value is -2.11. The molecule has 1 aromatic heterocycles. The minimum absolute atomic E-state index is 0.0975. The quantitative estimate of drug-likeness (QED) is 0.665.